The van der Waals surface area contributed by atoms with Gasteiger partial charge in [-0.05, 0) is 25.8 Å². The molecule has 0 aliphatic carbocycles. The highest BCUT2D eigenvalue weighted by Crippen LogP contribution is 2.11. The van der Waals surface area contributed by atoms with Gasteiger partial charge in [-0.3, -0.25) is 9.59 Å². The summed E-state index contributed by atoms with van der Waals surface area (Å²) in [7, 11) is 0. The maximum Gasteiger partial charge on any atom is 0.292 e. The molecular weight excluding hydrogens is 226 g/mol. The molecular formula is C15H21NO2. The number of amides is 1. The summed E-state index contributed by atoms with van der Waals surface area (Å²) in [6.07, 6.45) is 3.08. The molecule has 0 saturated carbocycles. The van der Waals surface area contributed by atoms with E-state index in [1.54, 1.807) is 6.07 Å². The fourth-order valence-corrected chi connectivity index (χ4v) is 1.85. The number of carbonyl (C=O) groups is 2. The van der Waals surface area contributed by atoms with Crippen molar-refractivity contribution in [2.45, 2.75) is 40.0 Å². The van der Waals surface area contributed by atoms with Crippen molar-refractivity contribution in [1.82, 2.24) is 5.32 Å². The molecule has 0 unspecified atom stereocenters. The Kier molecular flexibility index (Phi) is 5.56. The molecule has 3 heteroatoms. The van der Waals surface area contributed by atoms with Gasteiger partial charge in [0.05, 0.1) is 0 Å². The zero-order valence-electron chi connectivity index (χ0n) is 11.4. The first kappa shape index (κ1) is 14.4. The van der Waals surface area contributed by atoms with Crippen molar-refractivity contribution in [3.05, 3.63) is 34.9 Å². The molecule has 1 rings (SSSR count). The second-order valence-corrected chi connectivity index (χ2v) is 4.61. The van der Waals surface area contributed by atoms with Crippen LogP contribution in [-0.2, 0) is 4.79 Å². The van der Waals surface area contributed by atoms with Crippen LogP contribution in [0.25, 0.3) is 0 Å². The number of aryl methyl sites for hydroxylation is 2. The number of ketones is 1. The van der Waals surface area contributed by atoms with Gasteiger partial charge in [0.1, 0.15) is 0 Å². The summed E-state index contributed by atoms with van der Waals surface area (Å²) in [4.78, 5) is 23.6. The monoisotopic (exact) mass is 247 g/mol. The van der Waals surface area contributed by atoms with E-state index in [0.717, 1.165) is 30.4 Å². The number of unbranched alkanes of at least 4 members (excludes halogenated alkanes) is 2. The van der Waals surface area contributed by atoms with Gasteiger partial charge in [0, 0.05) is 12.1 Å². The second-order valence-electron chi connectivity index (χ2n) is 4.61. The van der Waals surface area contributed by atoms with Crippen LogP contribution in [0.3, 0.4) is 0 Å². The summed E-state index contributed by atoms with van der Waals surface area (Å²) in [6.45, 7) is 6.49. The van der Waals surface area contributed by atoms with Gasteiger partial charge in [-0.1, -0.05) is 43.5 Å². The lowest BCUT2D eigenvalue weighted by atomic mass is 10.0. The Morgan fingerprint density at radius 3 is 2.50 bits per heavy atom. The molecule has 0 bridgehead atoms. The molecule has 3 nitrogen and oxygen atoms in total. The van der Waals surface area contributed by atoms with Gasteiger partial charge in [0.25, 0.3) is 5.91 Å². The summed E-state index contributed by atoms with van der Waals surface area (Å²) < 4.78 is 0. The number of rotatable bonds is 6. The Morgan fingerprint density at radius 1 is 1.17 bits per heavy atom. The minimum atomic E-state index is -0.502. The molecule has 0 aromatic heterocycles. The molecule has 1 aromatic carbocycles. The van der Waals surface area contributed by atoms with E-state index in [1.165, 1.54) is 0 Å². The average Bonchev–Trinajstić information content (AvgIpc) is 2.33. The van der Waals surface area contributed by atoms with Gasteiger partial charge < -0.3 is 5.32 Å². The molecule has 0 atom stereocenters. The van der Waals surface area contributed by atoms with E-state index in [4.69, 9.17) is 0 Å². The second kappa shape index (κ2) is 6.94. The van der Waals surface area contributed by atoms with Crippen molar-refractivity contribution in [3.63, 3.8) is 0 Å². The molecule has 0 radical (unpaired) electrons. The van der Waals surface area contributed by atoms with E-state index in [-0.39, 0.29) is 0 Å². The molecule has 0 saturated heterocycles. The average molecular weight is 247 g/mol. The minimum Gasteiger partial charge on any atom is -0.349 e. The Labute approximate surface area is 109 Å². The molecule has 1 N–H and O–H groups in total. The van der Waals surface area contributed by atoms with Gasteiger partial charge >= 0.3 is 0 Å². The van der Waals surface area contributed by atoms with Crippen LogP contribution >= 0.6 is 0 Å². The first-order valence-corrected chi connectivity index (χ1v) is 6.46. The van der Waals surface area contributed by atoms with Crippen LogP contribution in [-0.4, -0.2) is 18.2 Å². The SMILES string of the molecule is CCCCCNC(=O)C(=O)c1ccc(C)cc1C. The molecule has 0 heterocycles. The smallest absolute Gasteiger partial charge is 0.292 e. The summed E-state index contributed by atoms with van der Waals surface area (Å²) in [6, 6.07) is 5.49. The topological polar surface area (TPSA) is 46.2 Å². The lowest BCUT2D eigenvalue weighted by Gasteiger charge is -2.07. The van der Waals surface area contributed by atoms with E-state index in [0.29, 0.717) is 12.1 Å². The maximum atomic E-state index is 11.9. The molecule has 1 aromatic rings. The molecule has 1 amide bonds. The summed E-state index contributed by atoms with van der Waals surface area (Å²) in [5, 5.41) is 2.67. The van der Waals surface area contributed by atoms with Crippen molar-refractivity contribution in [1.29, 1.82) is 0 Å². The van der Waals surface area contributed by atoms with Crippen molar-refractivity contribution in [2.24, 2.45) is 0 Å². The van der Waals surface area contributed by atoms with Crippen molar-refractivity contribution < 1.29 is 9.59 Å². The third kappa shape index (κ3) is 3.99. The van der Waals surface area contributed by atoms with Crippen LogP contribution in [0.15, 0.2) is 18.2 Å². The van der Waals surface area contributed by atoms with Gasteiger partial charge in [0.2, 0.25) is 5.78 Å². The Bertz CT molecular complexity index is 438. The van der Waals surface area contributed by atoms with Crippen LogP contribution < -0.4 is 5.32 Å². The number of nitrogens with one attached hydrogen (secondary N) is 1. The van der Waals surface area contributed by atoms with Crippen LogP contribution in [0.2, 0.25) is 0 Å². The van der Waals surface area contributed by atoms with Gasteiger partial charge in [-0.2, -0.15) is 0 Å². The largest absolute Gasteiger partial charge is 0.349 e. The van der Waals surface area contributed by atoms with Crippen LogP contribution in [0.4, 0.5) is 0 Å². The Morgan fingerprint density at radius 2 is 1.89 bits per heavy atom. The highest BCUT2D eigenvalue weighted by Gasteiger charge is 2.17. The van der Waals surface area contributed by atoms with E-state index in [2.05, 4.69) is 12.2 Å². The van der Waals surface area contributed by atoms with Crippen LogP contribution in [0, 0.1) is 13.8 Å². The maximum absolute atomic E-state index is 11.9. The summed E-state index contributed by atoms with van der Waals surface area (Å²) >= 11 is 0. The fourth-order valence-electron chi connectivity index (χ4n) is 1.85. The Hall–Kier alpha value is -1.64. The minimum absolute atomic E-state index is 0.441. The molecule has 0 aliphatic heterocycles. The third-order valence-corrected chi connectivity index (χ3v) is 2.90. The van der Waals surface area contributed by atoms with Gasteiger partial charge in [0.15, 0.2) is 0 Å². The Balaban J connectivity index is 2.60. The normalized spacial score (nSPS) is 10.2. The number of benzene rings is 1. The van der Waals surface area contributed by atoms with E-state index in [9.17, 15) is 9.59 Å². The van der Waals surface area contributed by atoms with Crippen molar-refractivity contribution >= 4 is 11.7 Å². The molecule has 18 heavy (non-hydrogen) atoms. The van der Waals surface area contributed by atoms with Crippen molar-refractivity contribution in [2.75, 3.05) is 6.54 Å². The van der Waals surface area contributed by atoms with E-state index >= 15 is 0 Å². The van der Waals surface area contributed by atoms with Crippen molar-refractivity contribution in [3.8, 4) is 0 Å². The zero-order valence-corrected chi connectivity index (χ0v) is 11.4. The predicted octanol–water partition coefficient (Wildman–Crippen LogP) is 2.79. The van der Waals surface area contributed by atoms with Gasteiger partial charge in [-0.15, -0.1) is 0 Å². The lowest BCUT2D eigenvalue weighted by molar-refractivity contribution is -0.117. The molecule has 0 spiro atoms. The third-order valence-electron chi connectivity index (χ3n) is 2.90. The first-order chi connectivity index (χ1) is 8.56. The molecule has 98 valence electrons. The molecule has 0 fully saturated rings. The van der Waals surface area contributed by atoms with E-state index < -0.39 is 11.7 Å². The van der Waals surface area contributed by atoms with Crippen LogP contribution in [0.5, 0.6) is 0 Å². The fraction of sp³-hybridized carbons (Fsp3) is 0.467. The quantitative estimate of drug-likeness (QED) is 0.477. The number of carbonyl (C=O) groups excluding carboxylic acids is 2. The first-order valence-electron chi connectivity index (χ1n) is 6.46. The van der Waals surface area contributed by atoms with Crippen LogP contribution in [0.1, 0.15) is 47.7 Å². The summed E-state index contributed by atoms with van der Waals surface area (Å²) in [5.74, 6) is -0.943. The lowest BCUT2D eigenvalue weighted by Crippen LogP contribution is -2.32. The molecule has 0 aliphatic rings. The van der Waals surface area contributed by atoms with Gasteiger partial charge in [-0.25, -0.2) is 0 Å². The number of Topliss-reactive ketones (excluding diaryl/α,β-unsaturated/α-hetero) is 1. The number of hydrogen-bond donors (Lipinski definition) is 1. The summed E-state index contributed by atoms with van der Waals surface area (Å²) in [5.41, 5.74) is 2.43. The number of hydrogen-bond acceptors (Lipinski definition) is 2. The predicted molar refractivity (Wildman–Crippen MR) is 72.8 cm³/mol. The van der Waals surface area contributed by atoms with E-state index in [1.807, 2.05) is 26.0 Å². The highest BCUT2D eigenvalue weighted by atomic mass is 16.2. The zero-order chi connectivity index (χ0) is 13.5. The standard InChI is InChI=1S/C15H21NO2/c1-4-5-6-9-16-15(18)14(17)13-8-7-11(2)10-12(13)3/h7-8,10H,4-6,9H2,1-3H3,(H,16,18). The highest BCUT2D eigenvalue weighted by molar-refractivity contribution is 6.43.